The van der Waals surface area contributed by atoms with Gasteiger partial charge in [0, 0.05) is 23.8 Å². The fourth-order valence-corrected chi connectivity index (χ4v) is 1.58. The summed E-state index contributed by atoms with van der Waals surface area (Å²) in [5.74, 6) is 0.937. The van der Waals surface area contributed by atoms with Crippen LogP contribution in [0.15, 0.2) is 22.8 Å². The Morgan fingerprint density at radius 2 is 2.31 bits per heavy atom. The zero-order chi connectivity index (χ0) is 9.31. The summed E-state index contributed by atoms with van der Waals surface area (Å²) in [4.78, 5) is 4.26. The normalized spacial score (nSPS) is 19.2. The molecule has 0 amide bonds. The molecule has 2 N–H and O–H groups in total. The average molecular weight is 242 g/mol. The molecule has 0 unspecified atom stereocenters. The van der Waals surface area contributed by atoms with Crippen LogP contribution in [0.2, 0.25) is 0 Å². The van der Waals surface area contributed by atoms with E-state index in [1.54, 1.807) is 6.20 Å². The van der Waals surface area contributed by atoms with Gasteiger partial charge >= 0.3 is 0 Å². The number of pyridine rings is 1. The van der Waals surface area contributed by atoms with Crippen molar-refractivity contribution in [3.8, 4) is 0 Å². The van der Waals surface area contributed by atoms with Crippen molar-refractivity contribution in [2.24, 2.45) is 0 Å². The number of nitrogens with one attached hydrogen (secondary N) is 2. The Labute approximate surface area is 86.1 Å². The van der Waals surface area contributed by atoms with Gasteiger partial charge in [0.05, 0.1) is 5.54 Å². The third-order valence-corrected chi connectivity index (χ3v) is 2.66. The summed E-state index contributed by atoms with van der Waals surface area (Å²) in [5, 5.41) is 6.62. The lowest BCUT2D eigenvalue weighted by molar-refractivity contribution is 0.337. The topological polar surface area (TPSA) is 37.0 Å². The van der Waals surface area contributed by atoms with Gasteiger partial charge in [-0.3, -0.25) is 0 Å². The summed E-state index contributed by atoms with van der Waals surface area (Å²) in [7, 11) is 0. The van der Waals surface area contributed by atoms with Crippen LogP contribution in [0.5, 0.6) is 0 Å². The highest BCUT2D eigenvalue weighted by atomic mass is 79.9. The largest absolute Gasteiger partial charge is 0.362 e. The van der Waals surface area contributed by atoms with E-state index in [1.807, 2.05) is 12.1 Å². The van der Waals surface area contributed by atoms with Gasteiger partial charge in [-0.25, -0.2) is 4.98 Å². The predicted molar refractivity (Wildman–Crippen MR) is 56.8 cm³/mol. The van der Waals surface area contributed by atoms with Crippen LogP contribution >= 0.6 is 15.9 Å². The van der Waals surface area contributed by atoms with Crippen LogP contribution in [0.4, 0.5) is 5.82 Å². The molecule has 4 heteroatoms. The Hall–Kier alpha value is -0.610. The zero-order valence-electron chi connectivity index (χ0n) is 7.47. The smallest absolute Gasteiger partial charge is 0.126 e. The van der Waals surface area contributed by atoms with Crippen molar-refractivity contribution in [3.63, 3.8) is 0 Å². The highest BCUT2D eigenvalue weighted by molar-refractivity contribution is 9.10. The van der Waals surface area contributed by atoms with Crippen molar-refractivity contribution in [3.05, 3.63) is 22.8 Å². The summed E-state index contributed by atoms with van der Waals surface area (Å²) in [6, 6.07) is 3.97. The Kier molecular flexibility index (Phi) is 2.26. The van der Waals surface area contributed by atoms with Crippen LogP contribution in [0, 0.1) is 0 Å². The van der Waals surface area contributed by atoms with Crippen LogP contribution in [0.25, 0.3) is 0 Å². The van der Waals surface area contributed by atoms with E-state index >= 15 is 0 Å². The van der Waals surface area contributed by atoms with Gasteiger partial charge in [0.15, 0.2) is 0 Å². The minimum atomic E-state index is 0.181. The highest BCUT2D eigenvalue weighted by Gasteiger charge is 2.31. The van der Waals surface area contributed by atoms with Gasteiger partial charge in [-0.15, -0.1) is 0 Å². The van der Waals surface area contributed by atoms with Crippen molar-refractivity contribution in [2.75, 3.05) is 18.4 Å². The molecule has 0 bridgehead atoms. The van der Waals surface area contributed by atoms with Gasteiger partial charge in [-0.2, -0.15) is 0 Å². The monoisotopic (exact) mass is 241 g/mol. The molecule has 2 rings (SSSR count). The molecule has 1 fully saturated rings. The Balaban J connectivity index is 2.05. The molecule has 3 nitrogen and oxygen atoms in total. The van der Waals surface area contributed by atoms with Crippen molar-refractivity contribution in [1.29, 1.82) is 0 Å². The molecule has 0 aliphatic carbocycles. The number of halogens is 1. The van der Waals surface area contributed by atoms with Crippen LogP contribution in [-0.2, 0) is 0 Å². The highest BCUT2D eigenvalue weighted by Crippen LogP contribution is 2.18. The summed E-state index contributed by atoms with van der Waals surface area (Å²) in [5.41, 5.74) is 0.181. The van der Waals surface area contributed by atoms with Gasteiger partial charge in [0.2, 0.25) is 0 Å². The predicted octanol–water partition coefficient (Wildman–Crippen LogP) is 1.62. The molecular weight excluding hydrogens is 230 g/mol. The van der Waals surface area contributed by atoms with Crippen LogP contribution in [-0.4, -0.2) is 23.6 Å². The number of anilines is 1. The standard InChI is InChI=1S/C9H12BrN3/c1-9(5-11-6-9)13-8-3-2-7(10)4-12-8/h2-4,11H,5-6H2,1H3,(H,12,13). The molecule has 2 heterocycles. The third kappa shape index (κ3) is 2.00. The maximum atomic E-state index is 4.26. The molecule has 1 aromatic heterocycles. The first kappa shape index (κ1) is 8.97. The van der Waals surface area contributed by atoms with Crippen molar-refractivity contribution in [1.82, 2.24) is 10.3 Å². The zero-order valence-corrected chi connectivity index (χ0v) is 9.06. The van der Waals surface area contributed by atoms with Crippen LogP contribution < -0.4 is 10.6 Å². The lowest BCUT2D eigenvalue weighted by Crippen LogP contribution is -2.62. The second-order valence-corrected chi connectivity index (χ2v) is 4.57. The lowest BCUT2D eigenvalue weighted by atomic mass is 9.95. The maximum Gasteiger partial charge on any atom is 0.126 e. The van der Waals surface area contributed by atoms with Gasteiger partial charge < -0.3 is 10.6 Å². The second-order valence-electron chi connectivity index (χ2n) is 3.65. The summed E-state index contributed by atoms with van der Waals surface area (Å²) >= 11 is 3.35. The quantitative estimate of drug-likeness (QED) is 0.827. The molecule has 0 saturated carbocycles. The SMILES string of the molecule is CC1(Nc2ccc(Br)cn2)CNC1. The van der Waals surface area contributed by atoms with Crippen molar-refractivity contribution in [2.45, 2.75) is 12.5 Å². The van der Waals surface area contributed by atoms with E-state index in [9.17, 15) is 0 Å². The first-order valence-electron chi connectivity index (χ1n) is 4.28. The number of nitrogens with zero attached hydrogens (tertiary/aromatic N) is 1. The number of hydrogen-bond donors (Lipinski definition) is 2. The molecule has 1 aliphatic rings. The minimum Gasteiger partial charge on any atom is -0.362 e. The summed E-state index contributed by atoms with van der Waals surface area (Å²) in [6.45, 7) is 4.20. The van der Waals surface area contributed by atoms with E-state index in [4.69, 9.17) is 0 Å². The second kappa shape index (κ2) is 3.27. The van der Waals surface area contributed by atoms with Crippen LogP contribution in [0.1, 0.15) is 6.92 Å². The average Bonchev–Trinajstić information content (AvgIpc) is 2.06. The molecule has 0 atom stereocenters. The molecule has 0 spiro atoms. The fourth-order valence-electron chi connectivity index (χ4n) is 1.35. The van der Waals surface area contributed by atoms with E-state index in [0.29, 0.717) is 0 Å². The summed E-state index contributed by atoms with van der Waals surface area (Å²) < 4.78 is 1.01. The minimum absolute atomic E-state index is 0.181. The van der Waals surface area contributed by atoms with Gasteiger partial charge in [0.1, 0.15) is 5.82 Å². The third-order valence-electron chi connectivity index (χ3n) is 2.19. The van der Waals surface area contributed by atoms with Gasteiger partial charge in [-0.05, 0) is 35.0 Å². The van der Waals surface area contributed by atoms with Gasteiger partial charge in [0.25, 0.3) is 0 Å². The van der Waals surface area contributed by atoms with E-state index in [1.165, 1.54) is 0 Å². The number of rotatable bonds is 2. The molecule has 0 radical (unpaired) electrons. The molecular formula is C9H12BrN3. The Morgan fingerprint density at radius 3 is 2.77 bits per heavy atom. The van der Waals surface area contributed by atoms with Crippen LogP contribution in [0.3, 0.4) is 0 Å². The Morgan fingerprint density at radius 1 is 1.54 bits per heavy atom. The molecule has 1 aromatic rings. The molecule has 70 valence electrons. The van der Waals surface area contributed by atoms with Crippen molar-refractivity contribution >= 4 is 21.7 Å². The summed E-state index contributed by atoms with van der Waals surface area (Å²) in [6.07, 6.45) is 1.80. The number of hydrogen-bond acceptors (Lipinski definition) is 3. The molecule has 13 heavy (non-hydrogen) atoms. The molecule has 1 saturated heterocycles. The Bertz CT molecular complexity index is 292. The van der Waals surface area contributed by atoms with E-state index < -0.39 is 0 Å². The molecule has 0 aromatic carbocycles. The van der Waals surface area contributed by atoms with Crippen molar-refractivity contribution < 1.29 is 0 Å². The van der Waals surface area contributed by atoms with E-state index in [0.717, 1.165) is 23.4 Å². The first-order valence-corrected chi connectivity index (χ1v) is 5.08. The lowest BCUT2D eigenvalue weighted by Gasteiger charge is -2.40. The van der Waals surface area contributed by atoms with E-state index in [2.05, 4.69) is 38.5 Å². The number of aromatic nitrogens is 1. The first-order chi connectivity index (χ1) is 6.18. The fraction of sp³-hybridized carbons (Fsp3) is 0.444. The molecule has 1 aliphatic heterocycles. The maximum absolute atomic E-state index is 4.26. The van der Waals surface area contributed by atoms with Gasteiger partial charge in [-0.1, -0.05) is 0 Å². The van der Waals surface area contributed by atoms with E-state index in [-0.39, 0.29) is 5.54 Å².